The molecule has 0 bridgehead atoms. The maximum Gasteiger partial charge on any atom is 0.905 e. The molecule has 5 nitrogen and oxygen atoms in total. The molecule has 0 fully saturated rings. The van der Waals surface area contributed by atoms with Crippen molar-refractivity contribution in [3.05, 3.63) is 0 Å². The summed E-state index contributed by atoms with van der Waals surface area (Å²) in [5.41, 5.74) is 0. The zero-order valence-electron chi connectivity index (χ0n) is 10.2. The largest absolute Gasteiger partial charge is 0.905 e. The number of rotatable bonds is 10. The van der Waals surface area contributed by atoms with E-state index >= 15 is 0 Å². The van der Waals surface area contributed by atoms with Crippen LogP contribution in [0.4, 0.5) is 0 Å². The van der Waals surface area contributed by atoms with E-state index in [0.717, 1.165) is 0 Å². The second kappa shape index (κ2) is 15.3. The van der Waals surface area contributed by atoms with Crippen LogP contribution in [0.5, 0.6) is 0 Å². The monoisotopic (exact) mass is 245 g/mol. The molecule has 0 aliphatic rings. The number of ether oxygens (including phenoxy) is 2. The molecule has 1 radical (unpaired) electrons. The molecule has 0 saturated carbocycles. The molecule has 0 spiro atoms. The molecule has 0 aromatic carbocycles. The predicted molar refractivity (Wildman–Crippen MR) is 58.8 cm³/mol. The summed E-state index contributed by atoms with van der Waals surface area (Å²) in [6, 6.07) is 0. The third-order valence-corrected chi connectivity index (χ3v) is 3.01. The van der Waals surface area contributed by atoms with E-state index in [1.165, 1.54) is 0 Å². The maximum absolute atomic E-state index is 5.38. The maximum atomic E-state index is 5.38. The SMILES string of the molecule is CC[O][Al]([O]CCOC)[O]CCOC.[Na]. The molecule has 15 heavy (non-hydrogen) atoms. The van der Waals surface area contributed by atoms with Crippen molar-refractivity contribution < 1.29 is 20.8 Å². The molecule has 0 N–H and O–H groups in total. The average Bonchev–Trinajstić information content (AvgIpc) is 2.18. The van der Waals surface area contributed by atoms with Gasteiger partial charge in [0.15, 0.2) is 0 Å². The number of hydrogen-bond acceptors (Lipinski definition) is 5. The van der Waals surface area contributed by atoms with Crippen molar-refractivity contribution in [3.63, 3.8) is 0 Å². The Morgan fingerprint density at radius 2 is 1.27 bits per heavy atom. The minimum Gasteiger partial charge on any atom is -0.455 e. The standard InChI is InChI=1S/2C3H7O2.C2H5O.Al.Na/c2*1-5-3-2-4;1-2-3;;/h2*2-3H2,1H3;2H2,1H3;;/q3*-1;+3;. The van der Waals surface area contributed by atoms with Gasteiger partial charge in [0, 0.05) is 63.6 Å². The second-order valence-corrected chi connectivity index (χ2v) is 4.05. The van der Waals surface area contributed by atoms with Crippen LogP contribution >= 0.6 is 0 Å². The molecule has 0 aliphatic carbocycles. The van der Waals surface area contributed by atoms with Gasteiger partial charge in [0.25, 0.3) is 0 Å². The summed E-state index contributed by atoms with van der Waals surface area (Å²) in [6.07, 6.45) is 0. The summed E-state index contributed by atoms with van der Waals surface area (Å²) in [6.45, 7) is 4.67. The Labute approximate surface area is 119 Å². The number of methoxy groups -OCH3 is 2. The minimum atomic E-state index is -1.96. The average molecular weight is 245 g/mol. The molecule has 0 aliphatic heterocycles. The van der Waals surface area contributed by atoms with E-state index in [4.69, 9.17) is 20.8 Å². The van der Waals surface area contributed by atoms with Crippen LogP contribution in [-0.2, 0) is 20.8 Å². The van der Waals surface area contributed by atoms with E-state index in [0.29, 0.717) is 33.0 Å². The molecule has 0 rings (SSSR count). The zero-order valence-corrected chi connectivity index (χ0v) is 13.3. The molecular weight excluding hydrogens is 226 g/mol. The summed E-state index contributed by atoms with van der Waals surface area (Å²) in [5.74, 6) is 0. The summed E-state index contributed by atoms with van der Waals surface area (Å²) in [4.78, 5) is 0. The number of hydrogen-bond donors (Lipinski definition) is 0. The molecule has 0 unspecified atom stereocenters. The van der Waals surface area contributed by atoms with E-state index in [9.17, 15) is 0 Å². The Balaban J connectivity index is 0. The van der Waals surface area contributed by atoms with Crippen LogP contribution in [0.1, 0.15) is 6.92 Å². The smallest absolute Gasteiger partial charge is 0.455 e. The van der Waals surface area contributed by atoms with E-state index < -0.39 is 15.1 Å². The van der Waals surface area contributed by atoms with Gasteiger partial charge in [0.2, 0.25) is 0 Å². The Bertz CT molecular complexity index is 109. The molecule has 0 aromatic rings. The van der Waals surface area contributed by atoms with Crippen LogP contribution < -0.4 is 0 Å². The van der Waals surface area contributed by atoms with Crippen molar-refractivity contribution in [2.24, 2.45) is 0 Å². The van der Waals surface area contributed by atoms with Crippen LogP contribution in [0.25, 0.3) is 0 Å². The van der Waals surface area contributed by atoms with Gasteiger partial charge in [-0.15, -0.1) is 0 Å². The van der Waals surface area contributed by atoms with Crippen LogP contribution in [0.3, 0.4) is 0 Å². The molecule has 0 amide bonds. The molecule has 0 saturated heterocycles. The fraction of sp³-hybridized carbons (Fsp3) is 1.00. The fourth-order valence-electron chi connectivity index (χ4n) is 0.736. The molecule has 7 heteroatoms. The third-order valence-electron chi connectivity index (χ3n) is 1.39. The first-order chi connectivity index (χ1) is 6.85. The van der Waals surface area contributed by atoms with Gasteiger partial charge in [-0.3, -0.25) is 0 Å². The van der Waals surface area contributed by atoms with Gasteiger partial charge in [0.05, 0.1) is 13.2 Å². The summed E-state index contributed by atoms with van der Waals surface area (Å²) in [5, 5.41) is 0. The van der Waals surface area contributed by atoms with Gasteiger partial charge in [-0.2, -0.15) is 0 Å². The van der Waals surface area contributed by atoms with Crippen LogP contribution in [0.2, 0.25) is 0 Å². The van der Waals surface area contributed by atoms with Gasteiger partial charge in [-0.25, -0.2) is 0 Å². The van der Waals surface area contributed by atoms with Crippen molar-refractivity contribution in [1.29, 1.82) is 0 Å². The van der Waals surface area contributed by atoms with Crippen molar-refractivity contribution in [2.45, 2.75) is 6.92 Å². The first-order valence-corrected chi connectivity index (χ1v) is 6.09. The zero-order chi connectivity index (χ0) is 10.6. The Morgan fingerprint density at radius 1 is 0.800 bits per heavy atom. The summed E-state index contributed by atoms with van der Waals surface area (Å²) in [7, 11) is 3.26. The topological polar surface area (TPSA) is 46.2 Å². The summed E-state index contributed by atoms with van der Waals surface area (Å²) < 4.78 is 25.8. The normalized spacial score (nSPS) is 9.80. The Morgan fingerprint density at radius 3 is 1.60 bits per heavy atom. The molecule has 0 heterocycles. The molecular formula is C8H19AlNaO5. The van der Waals surface area contributed by atoms with E-state index in [-0.39, 0.29) is 29.6 Å². The van der Waals surface area contributed by atoms with Gasteiger partial charge >= 0.3 is 15.1 Å². The van der Waals surface area contributed by atoms with Gasteiger partial charge in [-0.05, 0) is 6.92 Å². The summed E-state index contributed by atoms with van der Waals surface area (Å²) >= 11 is -1.96. The van der Waals surface area contributed by atoms with Gasteiger partial charge in [0.1, 0.15) is 0 Å². The minimum absolute atomic E-state index is 0. The second-order valence-electron chi connectivity index (χ2n) is 2.47. The quantitative estimate of drug-likeness (QED) is 0.399. The van der Waals surface area contributed by atoms with Crippen molar-refractivity contribution >= 4 is 44.7 Å². The van der Waals surface area contributed by atoms with Crippen LogP contribution in [-0.4, -0.2) is 92.0 Å². The van der Waals surface area contributed by atoms with Crippen LogP contribution in [0, 0.1) is 0 Å². The fourth-order valence-corrected chi connectivity index (χ4v) is 1.87. The molecule has 0 aromatic heterocycles. The first kappa shape index (κ1) is 18.7. The van der Waals surface area contributed by atoms with Crippen molar-refractivity contribution in [2.75, 3.05) is 47.3 Å². The van der Waals surface area contributed by atoms with Crippen molar-refractivity contribution in [1.82, 2.24) is 0 Å². The van der Waals surface area contributed by atoms with E-state index in [1.54, 1.807) is 14.2 Å². The first-order valence-electron chi connectivity index (χ1n) is 4.67. The predicted octanol–water partition coefficient (Wildman–Crippen LogP) is -0.0470. The van der Waals surface area contributed by atoms with Crippen molar-refractivity contribution in [3.8, 4) is 0 Å². The van der Waals surface area contributed by atoms with Crippen LogP contribution in [0.15, 0.2) is 0 Å². The Kier molecular flexibility index (Phi) is 19.1. The third kappa shape index (κ3) is 13.3. The molecule has 85 valence electrons. The molecule has 0 atom stereocenters. The van der Waals surface area contributed by atoms with E-state index in [1.807, 2.05) is 6.92 Å². The van der Waals surface area contributed by atoms with E-state index in [2.05, 4.69) is 0 Å². The Hall–Kier alpha value is 1.33. The van der Waals surface area contributed by atoms with Gasteiger partial charge in [-0.1, -0.05) is 0 Å². The van der Waals surface area contributed by atoms with Gasteiger partial charge < -0.3 is 20.8 Å².